The highest BCUT2D eigenvalue weighted by Gasteiger charge is 2.48. The molecular weight excluding hydrogens is 562 g/mol. The molecule has 1 spiro atoms. The zero-order chi connectivity index (χ0) is 19.3. The van der Waals surface area contributed by atoms with Crippen LogP contribution in [-0.2, 0) is 27.7 Å². The number of aryl methyl sites for hydroxylation is 2. The van der Waals surface area contributed by atoms with E-state index >= 15 is 0 Å². The van der Waals surface area contributed by atoms with E-state index in [0.29, 0.717) is 0 Å². The Morgan fingerprint density at radius 1 is 0.778 bits per heavy atom. The van der Waals surface area contributed by atoms with Crippen LogP contribution in [0, 0.1) is 7.14 Å². The molecule has 0 aromatic heterocycles. The van der Waals surface area contributed by atoms with E-state index in [2.05, 4.69) is 83.3 Å². The molecule has 0 radical (unpaired) electrons. The summed E-state index contributed by atoms with van der Waals surface area (Å²) in [4.78, 5) is 0. The average molecular weight is 588 g/mol. The van der Waals surface area contributed by atoms with Crippen LogP contribution in [0.3, 0.4) is 0 Å². The Kier molecular flexibility index (Phi) is 5.64. The summed E-state index contributed by atoms with van der Waals surface area (Å²) in [6.07, 6.45) is 5.03. The van der Waals surface area contributed by atoms with Gasteiger partial charge in [-0.3, -0.25) is 0 Å². The molecular formula is C23H26I2O2. The Bertz CT molecular complexity index is 817. The maximum atomic E-state index is 5.66. The van der Waals surface area contributed by atoms with Gasteiger partial charge in [-0.1, -0.05) is 24.3 Å². The first-order valence-corrected chi connectivity index (χ1v) is 11.8. The van der Waals surface area contributed by atoms with Crippen LogP contribution in [0.25, 0.3) is 0 Å². The van der Waals surface area contributed by atoms with Gasteiger partial charge in [-0.05, 0) is 118 Å². The predicted molar refractivity (Wildman–Crippen MR) is 127 cm³/mol. The van der Waals surface area contributed by atoms with Crippen LogP contribution in [0.15, 0.2) is 24.3 Å². The van der Waals surface area contributed by atoms with E-state index in [9.17, 15) is 0 Å². The van der Waals surface area contributed by atoms with E-state index in [-0.39, 0.29) is 17.6 Å². The van der Waals surface area contributed by atoms with Crippen LogP contribution in [0.5, 0.6) is 0 Å². The first kappa shape index (κ1) is 20.1. The van der Waals surface area contributed by atoms with Gasteiger partial charge in [-0.2, -0.15) is 0 Å². The number of fused-ring (bicyclic) bond motifs is 4. The third kappa shape index (κ3) is 3.01. The van der Waals surface area contributed by atoms with Gasteiger partial charge in [0.05, 0.1) is 12.2 Å². The third-order valence-corrected chi connectivity index (χ3v) is 9.02. The van der Waals surface area contributed by atoms with Crippen molar-refractivity contribution in [3.63, 3.8) is 0 Å². The highest BCUT2D eigenvalue weighted by Crippen LogP contribution is 2.56. The molecule has 2 unspecified atom stereocenters. The summed E-state index contributed by atoms with van der Waals surface area (Å²) in [7, 11) is 3.60. The summed E-state index contributed by atoms with van der Waals surface area (Å²) >= 11 is 5.16. The molecule has 0 heterocycles. The number of halogens is 2. The zero-order valence-corrected chi connectivity index (χ0v) is 20.7. The van der Waals surface area contributed by atoms with Crippen LogP contribution in [0.1, 0.15) is 72.3 Å². The Morgan fingerprint density at radius 3 is 1.56 bits per heavy atom. The first-order chi connectivity index (χ1) is 12.9. The van der Waals surface area contributed by atoms with Gasteiger partial charge in [0.25, 0.3) is 0 Å². The van der Waals surface area contributed by atoms with Crippen LogP contribution in [0.2, 0.25) is 0 Å². The number of rotatable bonds is 4. The lowest BCUT2D eigenvalue weighted by molar-refractivity contribution is 0.118. The van der Waals surface area contributed by atoms with Crippen molar-refractivity contribution in [3.8, 4) is 0 Å². The molecule has 144 valence electrons. The predicted octanol–water partition coefficient (Wildman–Crippen LogP) is 6.49. The van der Waals surface area contributed by atoms with Crippen molar-refractivity contribution in [2.45, 2.75) is 57.2 Å². The van der Waals surface area contributed by atoms with Gasteiger partial charge in [0.15, 0.2) is 0 Å². The lowest BCUT2D eigenvalue weighted by Crippen LogP contribution is -2.25. The van der Waals surface area contributed by atoms with Gasteiger partial charge in [0.1, 0.15) is 0 Å². The van der Waals surface area contributed by atoms with Gasteiger partial charge in [0.2, 0.25) is 0 Å². The quantitative estimate of drug-likeness (QED) is 0.381. The van der Waals surface area contributed by atoms with E-state index in [1.807, 2.05) is 0 Å². The Labute approximate surface area is 189 Å². The van der Waals surface area contributed by atoms with E-state index in [4.69, 9.17) is 9.47 Å². The molecule has 0 saturated heterocycles. The Balaban J connectivity index is 1.94. The summed E-state index contributed by atoms with van der Waals surface area (Å²) in [6.45, 7) is 4.30. The number of ether oxygens (including phenoxy) is 2. The SMILES string of the molecule is COC(C)c1ccc2c(c1I)C1(CC2)CCc2ccc(C(C)OC)c(I)c21. The van der Waals surface area contributed by atoms with E-state index in [1.54, 1.807) is 25.3 Å². The largest absolute Gasteiger partial charge is 0.377 e. The minimum absolute atomic E-state index is 0.125. The molecule has 0 bridgehead atoms. The fourth-order valence-electron chi connectivity index (χ4n) is 5.04. The third-order valence-electron chi connectivity index (χ3n) is 6.70. The average Bonchev–Trinajstić information content (AvgIpc) is 3.24. The van der Waals surface area contributed by atoms with Crippen LogP contribution in [-0.4, -0.2) is 14.2 Å². The molecule has 2 aromatic carbocycles. The molecule has 2 aliphatic carbocycles. The molecule has 0 fully saturated rings. The van der Waals surface area contributed by atoms with Crippen LogP contribution < -0.4 is 0 Å². The fraction of sp³-hybridized carbons (Fsp3) is 0.478. The minimum atomic E-state index is 0.125. The zero-order valence-electron chi connectivity index (χ0n) is 16.4. The molecule has 0 amide bonds. The molecule has 4 heteroatoms. The number of hydrogen-bond donors (Lipinski definition) is 0. The first-order valence-electron chi connectivity index (χ1n) is 9.63. The van der Waals surface area contributed by atoms with E-state index in [0.717, 1.165) is 0 Å². The van der Waals surface area contributed by atoms with E-state index < -0.39 is 0 Å². The lowest BCUT2D eigenvalue weighted by atomic mass is 9.75. The topological polar surface area (TPSA) is 18.5 Å². The summed E-state index contributed by atoms with van der Waals surface area (Å²) in [5.74, 6) is 0. The highest BCUT2D eigenvalue weighted by molar-refractivity contribution is 14.1. The lowest BCUT2D eigenvalue weighted by Gasteiger charge is -2.31. The smallest absolute Gasteiger partial charge is 0.0803 e. The summed E-state index contributed by atoms with van der Waals surface area (Å²) in [5.41, 5.74) is 9.00. The Morgan fingerprint density at radius 2 is 1.19 bits per heavy atom. The second-order valence-electron chi connectivity index (χ2n) is 7.84. The maximum Gasteiger partial charge on any atom is 0.0803 e. The molecule has 2 aromatic rings. The van der Waals surface area contributed by atoms with E-state index in [1.165, 1.54) is 55.1 Å². The second-order valence-corrected chi connectivity index (χ2v) is 10.0. The molecule has 0 N–H and O–H groups in total. The van der Waals surface area contributed by atoms with Crippen LogP contribution in [0.4, 0.5) is 0 Å². The van der Waals surface area contributed by atoms with Crippen LogP contribution >= 0.6 is 45.2 Å². The Hall–Kier alpha value is -0.180. The molecule has 0 aliphatic heterocycles. The molecule has 0 saturated carbocycles. The number of methoxy groups -OCH3 is 2. The van der Waals surface area contributed by atoms with Gasteiger partial charge < -0.3 is 9.47 Å². The molecule has 2 atom stereocenters. The van der Waals surface area contributed by atoms with Gasteiger partial charge in [0, 0.05) is 26.8 Å². The summed E-state index contributed by atoms with van der Waals surface area (Å²) in [6, 6.07) is 9.25. The van der Waals surface area contributed by atoms with Crippen molar-refractivity contribution >= 4 is 45.2 Å². The summed E-state index contributed by atoms with van der Waals surface area (Å²) in [5, 5.41) is 0. The fourth-order valence-corrected chi connectivity index (χ4v) is 8.01. The van der Waals surface area contributed by atoms with Gasteiger partial charge in [-0.15, -0.1) is 0 Å². The van der Waals surface area contributed by atoms with Crippen molar-refractivity contribution in [3.05, 3.63) is 64.8 Å². The highest BCUT2D eigenvalue weighted by atomic mass is 127. The standard InChI is InChI=1S/C23H26I2O2/c1-13(26-3)17-7-5-15-9-11-23(19(15)21(17)24)12-10-16-6-8-18(14(2)27-4)22(25)20(16)23/h5-8,13-14H,9-12H2,1-4H3. The monoisotopic (exact) mass is 588 g/mol. The molecule has 2 aliphatic rings. The van der Waals surface area contributed by atoms with Crippen molar-refractivity contribution in [1.29, 1.82) is 0 Å². The number of hydrogen-bond acceptors (Lipinski definition) is 2. The minimum Gasteiger partial charge on any atom is -0.377 e. The maximum absolute atomic E-state index is 5.66. The van der Waals surface area contributed by atoms with Crippen molar-refractivity contribution in [1.82, 2.24) is 0 Å². The number of benzene rings is 2. The van der Waals surface area contributed by atoms with Crippen molar-refractivity contribution in [2.75, 3.05) is 14.2 Å². The molecule has 27 heavy (non-hydrogen) atoms. The molecule has 4 rings (SSSR count). The van der Waals surface area contributed by atoms with Gasteiger partial charge >= 0.3 is 0 Å². The van der Waals surface area contributed by atoms with Crippen molar-refractivity contribution in [2.24, 2.45) is 0 Å². The normalized spacial score (nSPS) is 22.7. The van der Waals surface area contributed by atoms with Crippen molar-refractivity contribution < 1.29 is 9.47 Å². The second kappa shape index (κ2) is 7.58. The molecule has 2 nitrogen and oxygen atoms in total. The summed E-state index contributed by atoms with van der Waals surface area (Å²) < 4.78 is 14.1. The van der Waals surface area contributed by atoms with Gasteiger partial charge in [-0.25, -0.2) is 0 Å².